The molecule has 2 aromatic carbocycles. The summed E-state index contributed by atoms with van der Waals surface area (Å²) < 4.78 is 10.8. The molecule has 2 aromatic rings. The second-order valence-electron chi connectivity index (χ2n) is 7.67. The van der Waals surface area contributed by atoms with Crippen LogP contribution in [-0.2, 0) is 9.59 Å². The SMILES string of the molecule is COc1ccc(OC)c(N2CCN(C(=O)CC[C@H](NC(=O)c3ccccc3)C(=O)O)CC2)c1. The van der Waals surface area contributed by atoms with Crippen LogP contribution in [0.2, 0.25) is 0 Å². The van der Waals surface area contributed by atoms with Crippen molar-refractivity contribution < 1.29 is 29.0 Å². The maximum Gasteiger partial charge on any atom is 0.326 e. The van der Waals surface area contributed by atoms with E-state index in [2.05, 4.69) is 10.2 Å². The first-order valence-electron chi connectivity index (χ1n) is 10.8. The van der Waals surface area contributed by atoms with Gasteiger partial charge in [0.25, 0.3) is 5.91 Å². The summed E-state index contributed by atoms with van der Waals surface area (Å²) >= 11 is 0. The van der Waals surface area contributed by atoms with Crippen LogP contribution in [0.4, 0.5) is 5.69 Å². The minimum Gasteiger partial charge on any atom is -0.497 e. The van der Waals surface area contributed by atoms with Gasteiger partial charge in [0.1, 0.15) is 17.5 Å². The Kier molecular flexibility index (Phi) is 8.12. The monoisotopic (exact) mass is 455 g/mol. The summed E-state index contributed by atoms with van der Waals surface area (Å²) in [4.78, 5) is 40.4. The molecule has 0 spiro atoms. The third-order valence-electron chi connectivity index (χ3n) is 5.65. The minimum absolute atomic E-state index is 0.0245. The minimum atomic E-state index is -1.16. The van der Waals surface area contributed by atoms with Gasteiger partial charge in [0.2, 0.25) is 5.91 Å². The number of carboxylic acid groups (broad SMARTS) is 1. The topological polar surface area (TPSA) is 108 Å². The molecule has 0 radical (unpaired) electrons. The lowest BCUT2D eigenvalue weighted by Crippen LogP contribution is -2.49. The third kappa shape index (κ3) is 6.15. The van der Waals surface area contributed by atoms with Crippen molar-refractivity contribution in [3.8, 4) is 11.5 Å². The molecule has 1 atom stereocenters. The van der Waals surface area contributed by atoms with Crippen LogP contribution in [0.1, 0.15) is 23.2 Å². The van der Waals surface area contributed by atoms with Gasteiger partial charge in [-0.15, -0.1) is 0 Å². The predicted molar refractivity (Wildman–Crippen MR) is 123 cm³/mol. The molecule has 0 unspecified atom stereocenters. The average Bonchev–Trinajstić information content (AvgIpc) is 2.86. The molecular formula is C24H29N3O6. The Morgan fingerprint density at radius 3 is 2.30 bits per heavy atom. The van der Waals surface area contributed by atoms with Crippen molar-refractivity contribution >= 4 is 23.5 Å². The van der Waals surface area contributed by atoms with Crippen LogP contribution in [0.15, 0.2) is 48.5 Å². The zero-order valence-corrected chi connectivity index (χ0v) is 18.8. The van der Waals surface area contributed by atoms with Crippen LogP contribution in [-0.4, -0.2) is 74.2 Å². The summed E-state index contributed by atoms with van der Waals surface area (Å²) in [7, 11) is 3.22. The van der Waals surface area contributed by atoms with Crippen LogP contribution >= 0.6 is 0 Å². The van der Waals surface area contributed by atoms with Gasteiger partial charge in [-0.2, -0.15) is 0 Å². The molecule has 1 heterocycles. The molecule has 176 valence electrons. The summed E-state index contributed by atoms with van der Waals surface area (Å²) in [5, 5.41) is 12.0. The van der Waals surface area contributed by atoms with Gasteiger partial charge in [-0.1, -0.05) is 18.2 Å². The Balaban J connectivity index is 1.53. The number of methoxy groups -OCH3 is 2. The number of anilines is 1. The van der Waals surface area contributed by atoms with Gasteiger partial charge >= 0.3 is 5.97 Å². The number of carboxylic acids is 1. The van der Waals surface area contributed by atoms with E-state index in [4.69, 9.17) is 9.47 Å². The number of rotatable bonds is 9. The molecule has 2 N–H and O–H groups in total. The summed E-state index contributed by atoms with van der Waals surface area (Å²) in [6.07, 6.45) is 0.0607. The molecule has 33 heavy (non-hydrogen) atoms. The summed E-state index contributed by atoms with van der Waals surface area (Å²) in [6, 6.07) is 12.8. The van der Waals surface area contributed by atoms with Gasteiger partial charge in [-0.3, -0.25) is 9.59 Å². The maximum atomic E-state index is 12.7. The fraction of sp³-hybridized carbons (Fsp3) is 0.375. The van der Waals surface area contributed by atoms with E-state index in [1.54, 1.807) is 49.5 Å². The lowest BCUT2D eigenvalue weighted by atomic mass is 10.1. The zero-order valence-electron chi connectivity index (χ0n) is 18.8. The highest BCUT2D eigenvalue weighted by Crippen LogP contribution is 2.32. The van der Waals surface area contributed by atoms with E-state index in [9.17, 15) is 19.5 Å². The van der Waals surface area contributed by atoms with Crippen molar-refractivity contribution in [2.24, 2.45) is 0 Å². The smallest absolute Gasteiger partial charge is 0.326 e. The fourth-order valence-electron chi connectivity index (χ4n) is 3.76. The van der Waals surface area contributed by atoms with Gasteiger partial charge in [0.05, 0.1) is 19.9 Å². The van der Waals surface area contributed by atoms with E-state index in [0.29, 0.717) is 31.7 Å². The molecule has 1 aliphatic heterocycles. The Hall–Kier alpha value is -3.75. The van der Waals surface area contributed by atoms with Crippen molar-refractivity contribution in [3.05, 3.63) is 54.1 Å². The lowest BCUT2D eigenvalue weighted by Gasteiger charge is -2.37. The fourth-order valence-corrected chi connectivity index (χ4v) is 3.76. The van der Waals surface area contributed by atoms with Crippen LogP contribution in [0.5, 0.6) is 11.5 Å². The number of nitrogens with one attached hydrogen (secondary N) is 1. The highest BCUT2D eigenvalue weighted by Gasteiger charge is 2.26. The number of ether oxygens (including phenoxy) is 2. The molecular weight excluding hydrogens is 426 g/mol. The predicted octanol–water partition coefficient (Wildman–Crippen LogP) is 2.02. The molecule has 9 heteroatoms. The molecule has 3 rings (SSSR count). The van der Waals surface area contributed by atoms with Crippen molar-refractivity contribution in [1.82, 2.24) is 10.2 Å². The number of carbonyl (C=O) groups is 3. The number of hydrogen-bond donors (Lipinski definition) is 2. The number of piperazine rings is 1. The molecule has 1 saturated heterocycles. The lowest BCUT2D eigenvalue weighted by molar-refractivity contribution is -0.139. The maximum absolute atomic E-state index is 12.7. The second kappa shape index (κ2) is 11.2. The number of carbonyl (C=O) groups excluding carboxylic acids is 2. The Labute approximate surface area is 192 Å². The van der Waals surface area contributed by atoms with Crippen LogP contribution in [0.3, 0.4) is 0 Å². The number of amides is 2. The van der Waals surface area contributed by atoms with Gasteiger partial charge < -0.3 is 29.7 Å². The van der Waals surface area contributed by atoms with Crippen molar-refractivity contribution in [2.45, 2.75) is 18.9 Å². The van der Waals surface area contributed by atoms with Gasteiger partial charge in [0, 0.05) is 44.2 Å². The van der Waals surface area contributed by atoms with Crippen LogP contribution < -0.4 is 19.7 Å². The van der Waals surface area contributed by atoms with E-state index in [-0.39, 0.29) is 18.7 Å². The molecule has 0 aliphatic carbocycles. The van der Waals surface area contributed by atoms with E-state index < -0.39 is 17.9 Å². The van der Waals surface area contributed by atoms with Gasteiger partial charge in [-0.25, -0.2) is 4.79 Å². The summed E-state index contributed by atoms with van der Waals surface area (Å²) in [5.74, 6) is -0.318. The van der Waals surface area contributed by atoms with Crippen molar-refractivity contribution in [1.29, 1.82) is 0 Å². The summed E-state index contributed by atoms with van der Waals surface area (Å²) in [5.41, 5.74) is 1.28. The highest BCUT2D eigenvalue weighted by molar-refractivity contribution is 5.96. The van der Waals surface area contributed by atoms with Crippen molar-refractivity contribution in [2.75, 3.05) is 45.3 Å². The first-order chi connectivity index (χ1) is 15.9. The molecule has 1 fully saturated rings. The number of nitrogens with zero attached hydrogens (tertiary/aromatic N) is 2. The Morgan fingerprint density at radius 2 is 1.70 bits per heavy atom. The van der Waals surface area contributed by atoms with E-state index in [0.717, 1.165) is 17.2 Å². The normalized spacial score (nSPS) is 14.4. The highest BCUT2D eigenvalue weighted by atomic mass is 16.5. The molecule has 1 aliphatic rings. The zero-order chi connectivity index (χ0) is 23.8. The number of benzene rings is 2. The summed E-state index contributed by atoms with van der Waals surface area (Å²) in [6.45, 7) is 2.24. The second-order valence-corrected chi connectivity index (χ2v) is 7.67. The number of aliphatic carboxylic acids is 1. The van der Waals surface area contributed by atoms with Crippen LogP contribution in [0, 0.1) is 0 Å². The van der Waals surface area contributed by atoms with Crippen LogP contribution in [0.25, 0.3) is 0 Å². The first kappa shape index (κ1) is 23.9. The quantitative estimate of drug-likeness (QED) is 0.595. The van der Waals surface area contributed by atoms with E-state index in [1.807, 2.05) is 18.2 Å². The Bertz CT molecular complexity index is 973. The average molecular weight is 456 g/mol. The number of hydrogen-bond acceptors (Lipinski definition) is 6. The third-order valence-corrected chi connectivity index (χ3v) is 5.65. The van der Waals surface area contributed by atoms with Gasteiger partial charge in [0.15, 0.2) is 0 Å². The largest absolute Gasteiger partial charge is 0.497 e. The standard InChI is InChI=1S/C24H29N3O6/c1-32-18-8-10-21(33-2)20(16-18)26-12-14-27(15-13-26)22(28)11-9-19(24(30)31)25-23(29)17-6-4-3-5-7-17/h3-8,10,16,19H,9,11-15H2,1-2H3,(H,25,29)(H,30,31)/t19-/m0/s1. The first-order valence-corrected chi connectivity index (χ1v) is 10.8. The molecule has 0 saturated carbocycles. The molecule has 0 bridgehead atoms. The van der Waals surface area contributed by atoms with E-state index >= 15 is 0 Å². The Morgan fingerprint density at radius 1 is 1.00 bits per heavy atom. The van der Waals surface area contributed by atoms with E-state index in [1.165, 1.54) is 0 Å². The molecule has 9 nitrogen and oxygen atoms in total. The van der Waals surface area contributed by atoms with Crippen molar-refractivity contribution in [3.63, 3.8) is 0 Å². The molecule has 0 aromatic heterocycles. The van der Waals surface area contributed by atoms with Gasteiger partial charge in [-0.05, 0) is 30.7 Å². The molecule has 2 amide bonds.